The van der Waals surface area contributed by atoms with Crippen molar-refractivity contribution in [3.8, 4) is 11.4 Å². The van der Waals surface area contributed by atoms with Gasteiger partial charge in [-0.2, -0.15) is 0 Å². The molecule has 136 valence electrons. The SMILES string of the molecule is CCc1cc(=O)[nH]c(-c2cccc(NC(=O)/C=C/c3ccc(F)cc3)c2)n1. The highest BCUT2D eigenvalue weighted by molar-refractivity contribution is 6.02. The fourth-order valence-corrected chi connectivity index (χ4v) is 2.50. The van der Waals surface area contributed by atoms with Gasteiger partial charge < -0.3 is 10.3 Å². The number of H-pyrrole nitrogens is 1. The van der Waals surface area contributed by atoms with E-state index in [0.717, 1.165) is 5.56 Å². The molecule has 1 amide bonds. The van der Waals surface area contributed by atoms with E-state index in [1.54, 1.807) is 36.4 Å². The summed E-state index contributed by atoms with van der Waals surface area (Å²) in [5.41, 5.74) is 2.48. The van der Waals surface area contributed by atoms with Crippen LogP contribution in [0.3, 0.4) is 0 Å². The zero-order chi connectivity index (χ0) is 19.2. The number of anilines is 1. The average Bonchev–Trinajstić information content (AvgIpc) is 2.67. The van der Waals surface area contributed by atoms with E-state index in [-0.39, 0.29) is 17.3 Å². The number of hydrogen-bond donors (Lipinski definition) is 2. The fourth-order valence-electron chi connectivity index (χ4n) is 2.50. The minimum Gasteiger partial charge on any atom is -0.322 e. The quantitative estimate of drug-likeness (QED) is 0.677. The van der Waals surface area contributed by atoms with Crippen LogP contribution in [-0.4, -0.2) is 15.9 Å². The van der Waals surface area contributed by atoms with E-state index in [0.29, 0.717) is 29.2 Å². The maximum atomic E-state index is 12.9. The highest BCUT2D eigenvalue weighted by atomic mass is 19.1. The molecule has 0 bridgehead atoms. The first-order valence-corrected chi connectivity index (χ1v) is 8.49. The Labute approximate surface area is 155 Å². The molecule has 0 fully saturated rings. The molecule has 6 heteroatoms. The van der Waals surface area contributed by atoms with E-state index in [2.05, 4.69) is 15.3 Å². The van der Waals surface area contributed by atoms with Crippen LogP contribution in [0.1, 0.15) is 18.2 Å². The Balaban J connectivity index is 1.75. The van der Waals surface area contributed by atoms with Gasteiger partial charge in [0.15, 0.2) is 0 Å². The molecule has 27 heavy (non-hydrogen) atoms. The third-order valence-corrected chi connectivity index (χ3v) is 3.86. The van der Waals surface area contributed by atoms with Crippen LogP contribution >= 0.6 is 0 Å². The zero-order valence-corrected chi connectivity index (χ0v) is 14.7. The van der Waals surface area contributed by atoms with Crippen LogP contribution < -0.4 is 10.9 Å². The van der Waals surface area contributed by atoms with Crippen molar-refractivity contribution in [2.75, 3.05) is 5.32 Å². The fraction of sp³-hybridized carbons (Fsp3) is 0.0952. The monoisotopic (exact) mass is 363 g/mol. The maximum absolute atomic E-state index is 12.9. The van der Waals surface area contributed by atoms with Crippen LogP contribution in [0.5, 0.6) is 0 Å². The molecule has 3 rings (SSSR count). The second kappa shape index (κ2) is 8.23. The Morgan fingerprint density at radius 3 is 2.70 bits per heavy atom. The molecule has 2 N–H and O–H groups in total. The summed E-state index contributed by atoms with van der Waals surface area (Å²) in [5, 5.41) is 2.76. The molecule has 0 unspecified atom stereocenters. The lowest BCUT2D eigenvalue weighted by molar-refractivity contribution is -0.111. The van der Waals surface area contributed by atoms with E-state index in [1.807, 2.05) is 13.0 Å². The van der Waals surface area contributed by atoms with E-state index < -0.39 is 0 Å². The standard InChI is InChI=1S/C21H18FN3O2/c1-2-17-13-20(27)25-21(24-17)15-4-3-5-18(12-15)23-19(26)11-8-14-6-9-16(22)10-7-14/h3-13H,2H2,1H3,(H,23,26)(H,24,25,27)/b11-8+. The first-order valence-electron chi connectivity index (χ1n) is 8.49. The smallest absolute Gasteiger partial charge is 0.251 e. The second-order valence-electron chi connectivity index (χ2n) is 5.89. The van der Waals surface area contributed by atoms with E-state index in [1.165, 1.54) is 24.3 Å². The van der Waals surface area contributed by atoms with Gasteiger partial charge in [-0.25, -0.2) is 9.37 Å². The largest absolute Gasteiger partial charge is 0.322 e. The summed E-state index contributed by atoms with van der Waals surface area (Å²) in [7, 11) is 0. The number of carbonyl (C=O) groups excluding carboxylic acids is 1. The number of amides is 1. The number of carbonyl (C=O) groups is 1. The van der Waals surface area contributed by atoms with Crippen molar-refractivity contribution in [2.24, 2.45) is 0 Å². The summed E-state index contributed by atoms with van der Waals surface area (Å²) in [4.78, 5) is 31.0. The number of aromatic nitrogens is 2. The number of aromatic amines is 1. The van der Waals surface area contributed by atoms with Gasteiger partial charge in [0.2, 0.25) is 5.91 Å². The summed E-state index contributed by atoms with van der Waals surface area (Å²) in [6.45, 7) is 1.93. The molecule has 1 heterocycles. The number of halogens is 1. The molecule has 0 aliphatic heterocycles. The van der Waals surface area contributed by atoms with Crippen molar-refractivity contribution in [3.63, 3.8) is 0 Å². The first-order chi connectivity index (χ1) is 13.0. The molecular formula is C21H18FN3O2. The summed E-state index contributed by atoms with van der Waals surface area (Å²) in [6.07, 6.45) is 3.63. The number of hydrogen-bond acceptors (Lipinski definition) is 3. The third-order valence-electron chi connectivity index (χ3n) is 3.86. The molecule has 0 radical (unpaired) electrons. The Kier molecular flexibility index (Phi) is 5.56. The normalized spacial score (nSPS) is 10.9. The zero-order valence-electron chi connectivity index (χ0n) is 14.7. The van der Waals surface area contributed by atoms with Crippen LogP contribution in [0.15, 0.2) is 65.5 Å². The van der Waals surface area contributed by atoms with Gasteiger partial charge >= 0.3 is 0 Å². The molecule has 3 aromatic rings. The lowest BCUT2D eigenvalue weighted by Crippen LogP contribution is -2.10. The molecule has 0 atom stereocenters. The number of nitrogens with zero attached hydrogens (tertiary/aromatic N) is 1. The molecule has 0 saturated heterocycles. The number of aryl methyl sites for hydroxylation is 1. The Bertz CT molecular complexity index is 1040. The Morgan fingerprint density at radius 2 is 1.96 bits per heavy atom. The summed E-state index contributed by atoms with van der Waals surface area (Å²) in [6, 6.07) is 14.4. The molecule has 0 aliphatic rings. The molecule has 2 aromatic carbocycles. The minimum absolute atomic E-state index is 0.214. The lowest BCUT2D eigenvalue weighted by atomic mass is 10.1. The van der Waals surface area contributed by atoms with Crippen LogP contribution in [-0.2, 0) is 11.2 Å². The van der Waals surface area contributed by atoms with Crippen molar-refractivity contribution in [2.45, 2.75) is 13.3 Å². The summed E-state index contributed by atoms with van der Waals surface area (Å²) < 4.78 is 12.9. The van der Waals surface area contributed by atoms with Gasteiger partial charge in [-0.15, -0.1) is 0 Å². The predicted molar refractivity (Wildman–Crippen MR) is 104 cm³/mol. The van der Waals surface area contributed by atoms with Crippen LogP contribution in [0, 0.1) is 5.82 Å². The van der Waals surface area contributed by atoms with Gasteiger partial charge in [0.1, 0.15) is 11.6 Å². The highest BCUT2D eigenvalue weighted by Gasteiger charge is 2.05. The van der Waals surface area contributed by atoms with E-state index in [9.17, 15) is 14.0 Å². The predicted octanol–water partition coefficient (Wildman–Crippen LogP) is 3.79. The topological polar surface area (TPSA) is 74.8 Å². The molecule has 5 nitrogen and oxygen atoms in total. The van der Waals surface area contributed by atoms with Crippen LogP contribution in [0.2, 0.25) is 0 Å². The van der Waals surface area contributed by atoms with Crippen molar-refractivity contribution in [3.05, 3.63) is 88.1 Å². The van der Waals surface area contributed by atoms with Gasteiger partial charge in [-0.05, 0) is 42.3 Å². The summed E-state index contributed by atoms with van der Waals surface area (Å²) in [5.74, 6) is -0.190. The molecular weight excluding hydrogens is 345 g/mol. The number of nitrogens with one attached hydrogen (secondary N) is 2. The third kappa shape index (κ3) is 4.98. The van der Waals surface area contributed by atoms with E-state index in [4.69, 9.17) is 0 Å². The van der Waals surface area contributed by atoms with Crippen molar-refractivity contribution >= 4 is 17.7 Å². The van der Waals surface area contributed by atoms with Gasteiger partial charge in [0.25, 0.3) is 5.56 Å². The van der Waals surface area contributed by atoms with Crippen molar-refractivity contribution in [1.29, 1.82) is 0 Å². The average molecular weight is 363 g/mol. The summed E-state index contributed by atoms with van der Waals surface area (Å²) >= 11 is 0. The molecule has 0 spiro atoms. The van der Waals surface area contributed by atoms with Gasteiger partial charge in [0, 0.05) is 29.1 Å². The number of rotatable bonds is 5. The first kappa shape index (κ1) is 18.3. The van der Waals surface area contributed by atoms with Crippen LogP contribution in [0.25, 0.3) is 17.5 Å². The van der Waals surface area contributed by atoms with Gasteiger partial charge in [-0.3, -0.25) is 9.59 Å². The van der Waals surface area contributed by atoms with Crippen molar-refractivity contribution in [1.82, 2.24) is 9.97 Å². The maximum Gasteiger partial charge on any atom is 0.251 e. The molecule has 1 aromatic heterocycles. The minimum atomic E-state index is -0.327. The molecule has 0 saturated carbocycles. The lowest BCUT2D eigenvalue weighted by Gasteiger charge is -2.06. The van der Waals surface area contributed by atoms with E-state index >= 15 is 0 Å². The Morgan fingerprint density at radius 1 is 1.19 bits per heavy atom. The number of benzene rings is 2. The highest BCUT2D eigenvalue weighted by Crippen LogP contribution is 2.19. The van der Waals surface area contributed by atoms with Crippen molar-refractivity contribution < 1.29 is 9.18 Å². The van der Waals surface area contributed by atoms with Gasteiger partial charge in [0.05, 0.1) is 0 Å². The second-order valence-corrected chi connectivity index (χ2v) is 5.89. The van der Waals surface area contributed by atoms with Crippen LogP contribution in [0.4, 0.5) is 10.1 Å². The Hall–Kier alpha value is -3.54. The van der Waals surface area contributed by atoms with Gasteiger partial charge in [-0.1, -0.05) is 31.2 Å². The molecule has 0 aliphatic carbocycles.